The lowest BCUT2D eigenvalue weighted by Crippen LogP contribution is -2.49. The molecule has 5 nitrogen and oxygen atoms in total. The smallest absolute Gasteiger partial charge is 0.254 e. The third kappa shape index (κ3) is 3.98. The number of ether oxygens (including phenoxy) is 1. The molecular weight excluding hydrogens is 350 g/mol. The van der Waals surface area contributed by atoms with Gasteiger partial charge in [-0.25, -0.2) is 0 Å². The van der Waals surface area contributed by atoms with Gasteiger partial charge in [0.05, 0.1) is 13.2 Å². The molecule has 26 heavy (non-hydrogen) atoms. The molecule has 1 atom stereocenters. The highest BCUT2D eigenvalue weighted by atomic mass is 35.5. The van der Waals surface area contributed by atoms with E-state index in [0.717, 1.165) is 5.56 Å². The van der Waals surface area contributed by atoms with Gasteiger partial charge in [0.15, 0.2) is 0 Å². The molecule has 1 amide bonds. The zero-order valence-corrected chi connectivity index (χ0v) is 15.3. The SMILES string of the molecule is COc1cccc(C(=O)N2CCN(C(C#N)c3cccc(Cl)c3)CC2)c1. The number of hydrogen-bond acceptors (Lipinski definition) is 4. The zero-order chi connectivity index (χ0) is 18.5. The van der Waals surface area contributed by atoms with Crippen molar-refractivity contribution in [3.63, 3.8) is 0 Å². The van der Waals surface area contributed by atoms with Gasteiger partial charge in [0.25, 0.3) is 5.91 Å². The Morgan fingerprint density at radius 1 is 1.15 bits per heavy atom. The van der Waals surface area contributed by atoms with Crippen molar-refractivity contribution >= 4 is 17.5 Å². The zero-order valence-electron chi connectivity index (χ0n) is 14.6. The monoisotopic (exact) mass is 369 g/mol. The molecule has 3 rings (SSSR count). The van der Waals surface area contributed by atoms with Crippen LogP contribution < -0.4 is 4.74 Å². The summed E-state index contributed by atoms with van der Waals surface area (Å²) < 4.78 is 5.19. The number of nitrogens with zero attached hydrogens (tertiary/aromatic N) is 3. The van der Waals surface area contributed by atoms with E-state index in [4.69, 9.17) is 16.3 Å². The fourth-order valence-corrected chi connectivity index (χ4v) is 3.36. The van der Waals surface area contributed by atoms with Crippen LogP contribution in [0.2, 0.25) is 5.02 Å². The van der Waals surface area contributed by atoms with Gasteiger partial charge in [0, 0.05) is 36.8 Å². The van der Waals surface area contributed by atoms with Crippen LogP contribution in [0.1, 0.15) is 22.0 Å². The second kappa shape index (κ2) is 8.22. The van der Waals surface area contributed by atoms with Crippen molar-refractivity contribution in [2.75, 3.05) is 33.3 Å². The Morgan fingerprint density at radius 2 is 1.88 bits per heavy atom. The summed E-state index contributed by atoms with van der Waals surface area (Å²) in [6.45, 7) is 2.43. The minimum atomic E-state index is -0.359. The van der Waals surface area contributed by atoms with Crippen molar-refractivity contribution in [2.45, 2.75) is 6.04 Å². The number of nitriles is 1. The summed E-state index contributed by atoms with van der Waals surface area (Å²) in [6.07, 6.45) is 0. The average Bonchev–Trinajstić information content (AvgIpc) is 2.69. The molecule has 1 saturated heterocycles. The average molecular weight is 370 g/mol. The Bertz CT molecular complexity index is 826. The molecule has 2 aromatic carbocycles. The summed E-state index contributed by atoms with van der Waals surface area (Å²) in [4.78, 5) is 16.6. The summed E-state index contributed by atoms with van der Waals surface area (Å²) in [7, 11) is 1.58. The maximum Gasteiger partial charge on any atom is 0.254 e. The van der Waals surface area contributed by atoms with E-state index in [0.29, 0.717) is 42.5 Å². The summed E-state index contributed by atoms with van der Waals surface area (Å²) in [5, 5.41) is 10.2. The first-order valence-corrected chi connectivity index (χ1v) is 8.82. The van der Waals surface area contributed by atoms with Crippen molar-refractivity contribution in [1.29, 1.82) is 5.26 Å². The van der Waals surface area contributed by atoms with Crippen LogP contribution in [0.5, 0.6) is 5.75 Å². The second-order valence-corrected chi connectivity index (χ2v) is 6.58. The number of hydrogen-bond donors (Lipinski definition) is 0. The molecule has 0 bridgehead atoms. The van der Waals surface area contributed by atoms with Crippen LogP contribution in [0, 0.1) is 11.3 Å². The van der Waals surface area contributed by atoms with Gasteiger partial charge in [-0.15, -0.1) is 0 Å². The van der Waals surface area contributed by atoms with Gasteiger partial charge in [0.1, 0.15) is 11.8 Å². The van der Waals surface area contributed by atoms with Crippen LogP contribution in [-0.2, 0) is 0 Å². The molecule has 1 heterocycles. The third-order valence-electron chi connectivity index (χ3n) is 4.57. The molecule has 0 radical (unpaired) electrons. The van der Waals surface area contributed by atoms with Crippen LogP contribution in [0.4, 0.5) is 0 Å². The molecule has 0 N–H and O–H groups in total. The van der Waals surface area contributed by atoms with Crippen molar-refractivity contribution in [3.8, 4) is 11.8 Å². The number of carbonyl (C=O) groups excluding carboxylic acids is 1. The number of amides is 1. The summed E-state index contributed by atoms with van der Waals surface area (Å²) in [5.41, 5.74) is 1.50. The third-order valence-corrected chi connectivity index (χ3v) is 4.81. The number of benzene rings is 2. The predicted octanol–water partition coefficient (Wildman–Crippen LogP) is 3.37. The fourth-order valence-electron chi connectivity index (χ4n) is 3.17. The summed E-state index contributed by atoms with van der Waals surface area (Å²) in [6, 6.07) is 16.5. The van der Waals surface area contributed by atoms with Gasteiger partial charge in [-0.3, -0.25) is 9.69 Å². The number of halogens is 1. The number of piperazine rings is 1. The summed E-state index contributed by atoms with van der Waals surface area (Å²) in [5.74, 6) is 0.653. The molecule has 2 aromatic rings. The van der Waals surface area contributed by atoms with E-state index in [2.05, 4.69) is 11.0 Å². The Hall–Kier alpha value is -2.55. The topological polar surface area (TPSA) is 56.6 Å². The molecule has 1 unspecified atom stereocenters. The minimum Gasteiger partial charge on any atom is -0.497 e. The van der Waals surface area contributed by atoms with E-state index >= 15 is 0 Å². The fraction of sp³-hybridized carbons (Fsp3) is 0.300. The Balaban J connectivity index is 1.66. The molecule has 0 aromatic heterocycles. The Morgan fingerprint density at radius 3 is 2.54 bits per heavy atom. The van der Waals surface area contributed by atoms with Gasteiger partial charge >= 0.3 is 0 Å². The maximum atomic E-state index is 12.7. The van der Waals surface area contributed by atoms with Crippen molar-refractivity contribution in [2.24, 2.45) is 0 Å². The lowest BCUT2D eigenvalue weighted by atomic mass is 10.1. The number of methoxy groups -OCH3 is 1. The van der Waals surface area contributed by atoms with E-state index < -0.39 is 0 Å². The first-order chi connectivity index (χ1) is 12.6. The highest BCUT2D eigenvalue weighted by molar-refractivity contribution is 6.30. The highest BCUT2D eigenvalue weighted by Crippen LogP contribution is 2.24. The first kappa shape index (κ1) is 18.2. The lowest BCUT2D eigenvalue weighted by Gasteiger charge is -2.37. The van der Waals surface area contributed by atoms with Crippen LogP contribution >= 0.6 is 11.6 Å². The highest BCUT2D eigenvalue weighted by Gasteiger charge is 2.27. The van der Waals surface area contributed by atoms with Crippen molar-refractivity contribution in [1.82, 2.24) is 9.80 Å². The van der Waals surface area contributed by atoms with E-state index in [9.17, 15) is 10.1 Å². The molecule has 1 aliphatic rings. The van der Waals surface area contributed by atoms with Gasteiger partial charge in [-0.05, 0) is 35.9 Å². The molecular formula is C20H20ClN3O2. The van der Waals surface area contributed by atoms with Crippen molar-refractivity contribution in [3.05, 3.63) is 64.7 Å². The molecule has 0 spiro atoms. The number of rotatable bonds is 4. The molecule has 1 aliphatic heterocycles. The largest absolute Gasteiger partial charge is 0.497 e. The quantitative estimate of drug-likeness (QED) is 0.829. The van der Waals surface area contributed by atoms with Crippen molar-refractivity contribution < 1.29 is 9.53 Å². The first-order valence-electron chi connectivity index (χ1n) is 8.45. The minimum absolute atomic E-state index is 0.0141. The molecule has 0 saturated carbocycles. The van der Waals surface area contributed by atoms with Crippen LogP contribution in [0.25, 0.3) is 0 Å². The maximum absolute atomic E-state index is 12.7. The molecule has 0 aliphatic carbocycles. The van der Waals surface area contributed by atoms with Gasteiger partial charge in [0.2, 0.25) is 0 Å². The van der Waals surface area contributed by atoms with Crippen LogP contribution in [0.15, 0.2) is 48.5 Å². The van der Waals surface area contributed by atoms with E-state index in [1.165, 1.54) is 0 Å². The molecule has 6 heteroatoms. The van der Waals surface area contributed by atoms with Gasteiger partial charge in [-0.1, -0.05) is 29.8 Å². The van der Waals surface area contributed by atoms with Crippen LogP contribution in [-0.4, -0.2) is 49.0 Å². The van der Waals surface area contributed by atoms with E-state index in [-0.39, 0.29) is 11.9 Å². The van der Waals surface area contributed by atoms with Gasteiger partial charge < -0.3 is 9.64 Å². The van der Waals surface area contributed by atoms with E-state index in [1.54, 1.807) is 25.3 Å². The Labute approximate surface area is 158 Å². The Kier molecular flexibility index (Phi) is 5.77. The molecule has 134 valence electrons. The number of carbonyl (C=O) groups is 1. The van der Waals surface area contributed by atoms with Crippen LogP contribution in [0.3, 0.4) is 0 Å². The molecule has 1 fully saturated rings. The lowest BCUT2D eigenvalue weighted by molar-refractivity contribution is 0.0606. The van der Waals surface area contributed by atoms with E-state index in [1.807, 2.05) is 35.2 Å². The predicted molar refractivity (Wildman–Crippen MR) is 100 cm³/mol. The summed E-state index contributed by atoms with van der Waals surface area (Å²) >= 11 is 6.05. The normalized spacial score (nSPS) is 16.0. The standard InChI is InChI=1S/C20H20ClN3O2/c1-26-18-7-3-5-16(13-18)20(25)24-10-8-23(9-11-24)19(14-22)15-4-2-6-17(21)12-15/h2-7,12-13,19H,8-11H2,1H3. The van der Waals surface area contributed by atoms with Gasteiger partial charge in [-0.2, -0.15) is 5.26 Å². The second-order valence-electron chi connectivity index (χ2n) is 6.15.